The van der Waals surface area contributed by atoms with Gasteiger partial charge in [0.1, 0.15) is 5.75 Å². The van der Waals surface area contributed by atoms with E-state index in [0.717, 1.165) is 18.7 Å². The van der Waals surface area contributed by atoms with Crippen LogP contribution >= 0.6 is 0 Å². The van der Waals surface area contributed by atoms with Gasteiger partial charge in [0.2, 0.25) is 0 Å². The molecule has 0 radical (unpaired) electrons. The molecular formula is C15H26N2O. The minimum atomic E-state index is 0.336. The number of nitrogens with two attached hydrogens (primary N) is 1. The Hall–Kier alpha value is -1.06. The van der Waals surface area contributed by atoms with Crippen molar-refractivity contribution in [3.8, 4) is 5.75 Å². The van der Waals surface area contributed by atoms with Crippen molar-refractivity contribution < 1.29 is 4.74 Å². The van der Waals surface area contributed by atoms with Gasteiger partial charge in [0.05, 0.1) is 7.11 Å². The largest absolute Gasteiger partial charge is 0.496 e. The van der Waals surface area contributed by atoms with Gasteiger partial charge >= 0.3 is 0 Å². The lowest BCUT2D eigenvalue weighted by molar-refractivity contribution is 0.211. The number of nitrogens with zero attached hydrogens (tertiary/aromatic N) is 1. The molecular weight excluding hydrogens is 224 g/mol. The average Bonchev–Trinajstić information content (AvgIpc) is 2.29. The first kappa shape index (κ1) is 15.0. The summed E-state index contributed by atoms with van der Waals surface area (Å²) < 4.78 is 5.50. The number of ether oxygens (including phenoxy) is 1. The number of benzene rings is 1. The average molecular weight is 250 g/mol. The summed E-state index contributed by atoms with van der Waals surface area (Å²) in [6.07, 6.45) is 1.01. The first-order chi connectivity index (χ1) is 8.51. The Bertz CT molecular complexity index is 377. The normalized spacial score (nSPS) is 14.6. The van der Waals surface area contributed by atoms with Crippen LogP contribution < -0.4 is 10.5 Å². The van der Waals surface area contributed by atoms with Gasteiger partial charge in [-0.2, -0.15) is 0 Å². The van der Waals surface area contributed by atoms with E-state index in [1.807, 2.05) is 0 Å². The Kier molecular flexibility index (Phi) is 5.63. The zero-order valence-electron chi connectivity index (χ0n) is 12.2. The fourth-order valence-electron chi connectivity index (χ4n) is 2.60. The van der Waals surface area contributed by atoms with Gasteiger partial charge in [-0.15, -0.1) is 0 Å². The Morgan fingerprint density at radius 1 is 1.33 bits per heavy atom. The minimum Gasteiger partial charge on any atom is -0.496 e. The summed E-state index contributed by atoms with van der Waals surface area (Å²) >= 11 is 0. The molecule has 0 aliphatic rings. The van der Waals surface area contributed by atoms with Gasteiger partial charge in [-0.05, 0) is 46.0 Å². The Balaban J connectivity index is 3.15. The maximum atomic E-state index is 5.70. The number of aryl methyl sites for hydroxylation is 1. The van der Waals surface area contributed by atoms with Crippen LogP contribution in [0, 0.1) is 12.8 Å². The third kappa shape index (κ3) is 3.47. The van der Waals surface area contributed by atoms with Gasteiger partial charge < -0.3 is 15.4 Å². The highest BCUT2D eigenvalue weighted by molar-refractivity contribution is 5.39. The lowest BCUT2D eigenvalue weighted by atomic mass is 9.89. The molecule has 3 nitrogen and oxygen atoms in total. The second kappa shape index (κ2) is 6.76. The van der Waals surface area contributed by atoms with Crippen molar-refractivity contribution in [2.24, 2.45) is 11.7 Å². The number of methoxy groups -OCH3 is 1. The fraction of sp³-hybridized carbons (Fsp3) is 0.600. The summed E-state index contributed by atoms with van der Waals surface area (Å²) in [6.45, 7) is 5.09. The van der Waals surface area contributed by atoms with E-state index in [1.54, 1.807) is 7.11 Å². The third-order valence-corrected chi connectivity index (χ3v) is 3.42. The molecule has 102 valence electrons. The maximum Gasteiger partial charge on any atom is 0.123 e. The van der Waals surface area contributed by atoms with Gasteiger partial charge in [0.15, 0.2) is 0 Å². The molecule has 2 atom stereocenters. The summed E-state index contributed by atoms with van der Waals surface area (Å²) in [6, 6.07) is 6.69. The molecule has 0 aliphatic carbocycles. The van der Waals surface area contributed by atoms with Crippen LogP contribution in [-0.4, -0.2) is 32.6 Å². The predicted octanol–water partition coefficient (Wildman–Crippen LogP) is 2.59. The lowest BCUT2D eigenvalue weighted by Gasteiger charge is -2.31. The quantitative estimate of drug-likeness (QED) is 0.843. The molecule has 0 fully saturated rings. The van der Waals surface area contributed by atoms with Crippen LogP contribution in [0.4, 0.5) is 0 Å². The maximum absolute atomic E-state index is 5.70. The van der Waals surface area contributed by atoms with Crippen molar-refractivity contribution in [2.75, 3.05) is 27.7 Å². The lowest BCUT2D eigenvalue weighted by Crippen LogP contribution is -2.28. The van der Waals surface area contributed by atoms with Crippen molar-refractivity contribution >= 4 is 0 Å². The molecule has 0 bridgehead atoms. The molecule has 0 saturated heterocycles. The molecule has 0 aromatic heterocycles. The SMILES string of the molecule is COc1ccc(C)cc1C(C(C)CCN)N(C)C. The molecule has 0 saturated carbocycles. The first-order valence-corrected chi connectivity index (χ1v) is 6.52. The molecule has 3 heteroatoms. The van der Waals surface area contributed by atoms with Crippen molar-refractivity contribution in [2.45, 2.75) is 26.3 Å². The number of hydrogen-bond acceptors (Lipinski definition) is 3. The highest BCUT2D eigenvalue weighted by Crippen LogP contribution is 2.35. The topological polar surface area (TPSA) is 38.5 Å². The summed E-state index contributed by atoms with van der Waals surface area (Å²) in [5.41, 5.74) is 8.21. The summed E-state index contributed by atoms with van der Waals surface area (Å²) in [4.78, 5) is 2.25. The first-order valence-electron chi connectivity index (χ1n) is 6.52. The van der Waals surface area contributed by atoms with Gasteiger partial charge in [-0.3, -0.25) is 0 Å². The van der Waals surface area contributed by atoms with E-state index < -0.39 is 0 Å². The second-order valence-corrected chi connectivity index (χ2v) is 5.21. The van der Waals surface area contributed by atoms with E-state index in [9.17, 15) is 0 Å². The monoisotopic (exact) mass is 250 g/mol. The molecule has 1 aromatic rings. The highest BCUT2D eigenvalue weighted by atomic mass is 16.5. The van der Waals surface area contributed by atoms with Crippen molar-refractivity contribution in [3.63, 3.8) is 0 Å². The molecule has 18 heavy (non-hydrogen) atoms. The second-order valence-electron chi connectivity index (χ2n) is 5.21. The molecule has 1 aromatic carbocycles. The number of hydrogen-bond donors (Lipinski definition) is 1. The third-order valence-electron chi connectivity index (χ3n) is 3.42. The Morgan fingerprint density at radius 2 is 2.00 bits per heavy atom. The van der Waals surface area contributed by atoms with E-state index in [2.05, 4.69) is 51.0 Å². The zero-order chi connectivity index (χ0) is 13.7. The van der Waals surface area contributed by atoms with Crippen LogP contribution in [0.3, 0.4) is 0 Å². The zero-order valence-corrected chi connectivity index (χ0v) is 12.2. The van der Waals surface area contributed by atoms with Gasteiger partial charge in [0.25, 0.3) is 0 Å². The van der Waals surface area contributed by atoms with Crippen LogP contribution in [0.15, 0.2) is 18.2 Å². The molecule has 2 N–H and O–H groups in total. The van der Waals surface area contributed by atoms with E-state index in [0.29, 0.717) is 12.0 Å². The highest BCUT2D eigenvalue weighted by Gasteiger charge is 2.24. The standard InChI is InChI=1S/C15H26N2O/c1-11-6-7-14(18-5)13(10-11)15(17(3)4)12(2)8-9-16/h6-7,10,12,15H,8-9,16H2,1-5H3. The predicted molar refractivity (Wildman–Crippen MR) is 77.0 cm³/mol. The summed E-state index contributed by atoms with van der Waals surface area (Å²) in [5, 5.41) is 0. The molecule has 0 amide bonds. The summed E-state index contributed by atoms with van der Waals surface area (Å²) in [5.74, 6) is 1.46. The fourth-order valence-corrected chi connectivity index (χ4v) is 2.60. The molecule has 1 rings (SSSR count). The number of rotatable bonds is 6. The smallest absolute Gasteiger partial charge is 0.123 e. The van der Waals surface area contributed by atoms with Crippen LogP contribution in [0.25, 0.3) is 0 Å². The van der Waals surface area contributed by atoms with E-state index in [-0.39, 0.29) is 0 Å². The Labute approximate surface area is 111 Å². The van der Waals surface area contributed by atoms with E-state index >= 15 is 0 Å². The molecule has 0 spiro atoms. The molecule has 0 heterocycles. The van der Waals surface area contributed by atoms with Crippen LogP contribution in [0.1, 0.15) is 30.5 Å². The van der Waals surface area contributed by atoms with Gasteiger partial charge in [-0.1, -0.05) is 24.6 Å². The minimum absolute atomic E-state index is 0.336. The van der Waals surface area contributed by atoms with Crippen molar-refractivity contribution in [3.05, 3.63) is 29.3 Å². The van der Waals surface area contributed by atoms with Crippen LogP contribution in [-0.2, 0) is 0 Å². The van der Waals surface area contributed by atoms with E-state index in [4.69, 9.17) is 10.5 Å². The molecule has 0 aliphatic heterocycles. The van der Waals surface area contributed by atoms with Crippen LogP contribution in [0.5, 0.6) is 5.75 Å². The van der Waals surface area contributed by atoms with Crippen LogP contribution in [0.2, 0.25) is 0 Å². The van der Waals surface area contributed by atoms with Crippen molar-refractivity contribution in [1.29, 1.82) is 0 Å². The Morgan fingerprint density at radius 3 is 2.50 bits per heavy atom. The van der Waals surface area contributed by atoms with Gasteiger partial charge in [0, 0.05) is 11.6 Å². The summed E-state index contributed by atoms with van der Waals surface area (Å²) in [7, 11) is 5.95. The van der Waals surface area contributed by atoms with E-state index in [1.165, 1.54) is 11.1 Å². The van der Waals surface area contributed by atoms with Crippen molar-refractivity contribution in [1.82, 2.24) is 4.90 Å². The molecule has 2 unspecified atom stereocenters. The van der Waals surface area contributed by atoms with Gasteiger partial charge in [-0.25, -0.2) is 0 Å².